The largest absolute Gasteiger partial charge is 0.337 e. The molecule has 0 aliphatic heterocycles. The second-order valence-electron chi connectivity index (χ2n) is 5.90. The Kier molecular flexibility index (Phi) is 4.79. The Hall–Kier alpha value is -1.38. The molecule has 2 unspecified atom stereocenters. The fraction of sp³-hybridized carbons (Fsp3) is 0.733. The average molecular weight is 275 g/mol. The maximum atomic E-state index is 9.46. The van der Waals surface area contributed by atoms with Gasteiger partial charge in [-0.05, 0) is 45.8 Å². The van der Waals surface area contributed by atoms with Crippen LogP contribution in [0.5, 0.6) is 0 Å². The van der Waals surface area contributed by atoms with Gasteiger partial charge in [0.05, 0.1) is 12.6 Å². The summed E-state index contributed by atoms with van der Waals surface area (Å²) in [4.78, 5) is 6.64. The summed E-state index contributed by atoms with van der Waals surface area (Å²) in [5.74, 6) is 1.54. The molecule has 2 rings (SSSR count). The van der Waals surface area contributed by atoms with Crippen LogP contribution in [0, 0.1) is 17.2 Å². The van der Waals surface area contributed by atoms with Gasteiger partial charge in [0.1, 0.15) is 11.4 Å². The average Bonchev–Trinajstić information content (AvgIpc) is 3.04. The normalized spacial score (nSPS) is 26.1. The highest BCUT2D eigenvalue weighted by molar-refractivity contribution is 5.13. The van der Waals surface area contributed by atoms with Gasteiger partial charge >= 0.3 is 0 Å². The number of nitrogens with one attached hydrogen (secondary N) is 1. The van der Waals surface area contributed by atoms with Gasteiger partial charge in [-0.2, -0.15) is 5.26 Å². The smallest absolute Gasteiger partial charge is 0.122 e. The number of hydrogen-bond donors (Lipinski definition) is 1. The predicted octanol–water partition coefficient (Wildman–Crippen LogP) is 1.52. The Morgan fingerprint density at radius 3 is 3.05 bits per heavy atom. The third-order valence-corrected chi connectivity index (χ3v) is 4.66. The fourth-order valence-corrected chi connectivity index (χ4v) is 3.25. The van der Waals surface area contributed by atoms with Crippen molar-refractivity contribution in [3.8, 4) is 6.07 Å². The number of hydrogen-bond acceptors (Lipinski definition) is 4. The number of nitriles is 1. The lowest BCUT2D eigenvalue weighted by molar-refractivity contribution is 0.248. The molecule has 1 aliphatic carbocycles. The zero-order valence-electron chi connectivity index (χ0n) is 12.8. The van der Waals surface area contributed by atoms with Crippen LogP contribution in [-0.4, -0.2) is 40.6 Å². The molecule has 1 heterocycles. The van der Waals surface area contributed by atoms with Crippen LogP contribution in [0.15, 0.2) is 12.4 Å². The van der Waals surface area contributed by atoms with Crippen molar-refractivity contribution in [1.29, 1.82) is 5.26 Å². The lowest BCUT2D eigenvalue weighted by atomic mass is 9.86. The lowest BCUT2D eigenvalue weighted by Crippen LogP contribution is -2.45. The first-order chi connectivity index (χ1) is 9.61. The summed E-state index contributed by atoms with van der Waals surface area (Å²) in [6.07, 6.45) is 8.17. The van der Waals surface area contributed by atoms with Gasteiger partial charge in [0.15, 0.2) is 0 Å². The molecule has 2 atom stereocenters. The predicted molar refractivity (Wildman–Crippen MR) is 78.9 cm³/mol. The van der Waals surface area contributed by atoms with E-state index in [0.29, 0.717) is 5.92 Å². The number of nitrogens with zero attached hydrogens (tertiary/aromatic N) is 4. The third kappa shape index (κ3) is 3.02. The van der Waals surface area contributed by atoms with Crippen LogP contribution >= 0.6 is 0 Å². The Labute approximate surface area is 121 Å². The number of rotatable bonds is 6. The summed E-state index contributed by atoms with van der Waals surface area (Å²) in [5.41, 5.74) is -0.302. The van der Waals surface area contributed by atoms with Gasteiger partial charge in [-0.3, -0.25) is 4.90 Å². The first-order valence-electron chi connectivity index (χ1n) is 7.36. The minimum atomic E-state index is -0.302. The van der Waals surface area contributed by atoms with Crippen molar-refractivity contribution in [1.82, 2.24) is 19.8 Å². The monoisotopic (exact) mass is 275 g/mol. The molecule has 0 radical (unpaired) electrons. The van der Waals surface area contributed by atoms with Crippen molar-refractivity contribution in [2.24, 2.45) is 13.0 Å². The zero-order valence-corrected chi connectivity index (χ0v) is 12.8. The lowest BCUT2D eigenvalue weighted by Gasteiger charge is -2.29. The van der Waals surface area contributed by atoms with Crippen LogP contribution in [0.1, 0.15) is 31.5 Å². The maximum absolute atomic E-state index is 9.46. The van der Waals surface area contributed by atoms with Gasteiger partial charge in [-0.25, -0.2) is 4.98 Å². The molecule has 0 aromatic carbocycles. The van der Waals surface area contributed by atoms with E-state index in [2.05, 4.69) is 32.9 Å². The molecule has 1 N–H and O–H groups in total. The molecule has 0 bridgehead atoms. The summed E-state index contributed by atoms with van der Waals surface area (Å²) in [7, 11) is 6.06. The second-order valence-corrected chi connectivity index (χ2v) is 5.90. The minimum Gasteiger partial charge on any atom is -0.337 e. The Bertz CT molecular complexity index is 475. The first kappa shape index (κ1) is 15.0. The first-order valence-corrected chi connectivity index (χ1v) is 7.36. The van der Waals surface area contributed by atoms with Crippen LogP contribution in [0.3, 0.4) is 0 Å². The summed E-state index contributed by atoms with van der Waals surface area (Å²) < 4.78 is 2.05. The van der Waals surface area contributed by atoms with Crippen LogP contribution in [-0.2, 0) is 13.6 Å². The van der Waals surface area contributed by atoms with Crippen molar-refractivity contribution in [2.75, 3.05) is 20.6 Å². The fourth-order valence-electron chi connectivity index (χ4n) is 3.25. The van der Waals surface area contributed by atoms with Crippen LogP contribution < -0.4 is 5.32 Å². The molecular formula is C15H25N5. The van der Waals surface area contributed by atoms with Gasteiger partial charge in [0, 0.05) is 19.4 Å². The van der Waals surface area contributed by atoms with Gasteiger partial charge in [0.2, 0.25) is 0 Å². The van der Waals surface area contributed by atoms with Crippen LogP contribution in [0.4, 0.5) is 0 Å². The number of aromatic nitrogens is 2. The van der Waals surface area contributed by atoms with Crippen molar-refractivity contribution < 1.29 is 0 Å². The molecule has 5 nitrogen and oxygen atoms in total. The molecule has 110 valence electrons. The van der Waals surface area contributed by atoms with E-state index >= 15 is 0 Å². The van der Waals surface area contributed by atoms with Crippen molar-refractivity contribution in [2.45, 2.75) is 37.8 Å². The van der Waals surface area contributed by atoms with E-state index in [0.717, 1.165) is 44.6 Å². The maximum Gasteiger partial charge on any atom is 0.122 e. The summed E-state index contributed by atoms with van der Waals surface area (Å²) in [6, 6.07) is 2.51. The van der Waals surface area contributed by atoms with Crippen molar-refractivity contribution in [3.05, 3.63) is 18.2 Å². The topological polar surface area (TPSA) is 56.9 Å². The minimum absolute atomic E-state index is 0.302. The Balaban J connectivity index is 1.86. The zero-order chi connectivity index (χ0) is 14.6. The number of aryl methyl sites for hydroxylation is 1. The Morgan fingerprint density at radius 1 is 1.65 bits per heavy atom. The summed E-state index contributed by atoms with van der Waals surface area (Å²) in [6.45, 7) is 1.86. The van der Waals surface area contributed by atoms with E-state index in [-0.39, 0.29) is 5.54 Å². The van der Waals surface area contributed by atoms with Crippen LogP contribution in [0.2, 0.25) is 0 Å². The van der Waals surface area contributed by atoms with E-state index in [1.54, 1.807) is 0 Å². The molecule has 0 spiro atoms. The standard InChI is InChI=1S/C15H25N5/c1-17-15(12-16)7-4-5-13(15)6-9-19(2)11-14-18-8-10-20(14)3/h8,10,13,17H,4-7,9,11H2,1-3H3. The second kappa shape index (κ2) is 6.38. The number of imidazole rings is 1. The van der Waals surface area contributed by atoms with Gasteiger partial charge in [-0.1, -0.05) is 6.42 Å². The Morgan fingerprint density at radius 2 is 2.45 bits per heavy atom. The summed E-state index contributed by atoms with van der Waals surface area (Å²) in [5, 5.41) is 12.7. The molecule has 1 saturated carbocycles. The van der Waals surface area contributed by atoms with Crippen LogP contribution in [0.25, 0.3) is 0 Å². The van der Waals surface area contributed by atoms with E-state index in [1.165, 1.54) is 0 Å². The molecular weight excluding hydrogens is 250 g/mol. The molecule has 0 amide bonds. The van der Waals surface area contributed by atoms with Gasteiger partial charge < -0.3 is 9.88 Å². The molecule has 1 aromatic rings. The highest BCUT2D eigenvalue weighted by Crippen LogP contribution is 2.37. The third-order valence-electron chi connectivity index (χ3n) is 4.66. The van der Waals surface area contributed by atoms with Crippen molar-refractivity contribution >= 4 is 0 Å². The quantitative estimate of drug-likeness (QED) is 0.855. The molecule has 0 saturated heterocycles. The van der Waals surface area contributed by atoms with E-state index in [9.17, 15) is 5.26 Å². The summed E-state index contributed by atoms with van der Waals surface area (Å²) >= 11 is 0. The van der Waals surface area contributed by atoms with Gasteiger partial charge in [0.25, 0.3) is 0 Å². The molecule has 1 aliphatic rings. The molecule has 5 heteroatoms. The van der Waals surface area contributed by atoms with E-state index in [1.807, 2.05) is 26.5 Å². The molecule has 20 heavy (non-hydrogen) atoms. The van der Waals surface area contributed by atoms with Gasteiger partial charge in [-0.15, -0.1) is 0 Å². The molecule has 1 aromatic heterocycles. The van der Waals surface area contributed by atoms with Crippen molar-refractivity contribution in [3.63, 3.8) is 0 Å². The SMILES string of the molecule is CNC1(C#N)CCCC1CCN(C)Cc1nccn1C. The highest BCUT2D eigenvalue weighted by atomic mass is 15.1. The molecule has 1 fully saturated rings. The van der Waals surface area contributed by atoms with E-state index in [4.69, 9.17) is 0 Å². The highest BCUT2D eigenvalue weighted by Gasteiger charge is 2.41. The van der Waals surface area contributed by atoms with E-state index < -0.39 is 0 Å².